The van der Waals surface area contributed by atoms with Gasteiger partial charge in [-0.3, -0.25) is 0 Å². The van der Waals surface area contributed by atoms with Crippen molar-refractivity contribution in [3.63, 3.8) is 0 Å². The molecule has 4 nitrogen and oxygen atoms in total. The molecule has 4 aromatic rings. The summed E-state index contributed by atoms with van der Waals surface area (Å²) in [5.74, 6) is 0.132. The van der Waals surface area contributed by atoms with Gasteiger partial charge in [-0.1, -0.05) is 66.8 Å². The van der Waals surface area contributed by atoms with Crippen molar-refractivity contribution in [1.82, 2.24) is 0 Å². The Morgan fingerprint density at radius 3 is 1.02 bits per heavy atom. The summed E-state index contributed by atoms with van der Waals surface area (Å²) in [6, 6.07) is 35.4. The zero-order valence-electron chi connectivity index (χ0n) is 25.8. The fourth-order valence-corrected chi connectivity index (χ4v) is 4.87. The molecule has 0 saturated carbocycles. The van der Waals surface area contributed by atoms with Crippen molar-refractivity contribution < 1.29 is 0 Å². The van der Waals surface area contributed by atoms with Crippen molar-refractivity contribution in [2.24, 2.45) is 0 Å². The molecule has 0 spiro atoms. The van der Waals surface area contributed by atoms with Crippen molar-refractivity contribution in [2.45, 2.75) is 5.92 Å². The molecule has 0 atom stereocenters. The number of rotatable bonds is 10. The Hall–Kier alpha value is -4.44. The van der Waals surface area contributed by atoms with E-state index in [9.17, 15) is 0 Å². The van der Waals surface area contributed by atoms with Crippen LogP contribution in [0.5, 0.6) is 0 Å². The van der Waals surface area contributed by atoms with E-state index in [0.717, 1.165) is 0 Å². The van der Waals surface area contributed by atoms with Crippen LogP contribution in [0.2, 0.25) is 0 Å². The molecule has 0 amide bonds. The Balaban J connectivity index is 1.76. The minimum absolute atomic E-state index is 0.132. The summed E-state index contributed by atoms with van der Waals surface area (Å²) in [4.78, 5) is 8.54. The molecule has 4 heteroatoms. The van der Waals surface area contributed by atoms with Gasteiger partial charge in [-0.25, -0.2) is 0 Å². The van der Waals surface area contributed by atoms with E-state index in [-0.39, 0.29) is 5.92 Å². The zero-order valence-corrected chi connectivity index (χ0v) is 25.8. The molecular formula is C37H44N4. The molecule has 0 heterocycles. The molecule has 0 unspecified atom stereocenters. The van der Waals surface area contributed by atoms with Crippen molar-refractivity contribution in [3.05, 3.63) is 138 Å². The van der Waals surface area contributed by atoms with Crippen LogP contribution in [0.3, 0.4) is 0 Å². The Morgan fingerprint density at radius 2 is 0.732 bits per heavy atom. The van der Waals surface area contributed by atoms with E-state index in [1.54, 1.807) is 0 Å². The standard InChI is InChI=1S/C37H44N4/c1-38(2)32-20-12-28(13-21-32)36(29-14-22-33(23-15-29)39(3)4)10-9-11-37(30-16-24-34(25-17-30)40(5)6)31-18-26-35(27-19-31)41(7)8/h9-27,36H,1-8H3. The van der Waals surface area contributed by atoms with Gasteiger partial charge in [0.25, 0.3) is 0 Å². The van der Waals surface area contributed by atoms with Crippen molar-refractivity contribution in [3.8, 4) is 0 Å². The van der Waals surface area contributed by atoms with Crippen LogP contribution in [0.25, 0.3) is 5.57 Å². The van der Waals surface area contributed by atoms with Gasteiger partial charge in [-0.05, 0) is 76.4 Å². The number of hydrogen-bond donors (Lipinski definition) is 0. The van der Waals surface area contributed by atoms with E-state index in [2.05, 4.69) is 191 Å². The fraction of sp³-hybridized carbons (Fsp3) is 0.243. The molecular weight excluding hydrogens is 500 g/mol. The number of hydrogen-bond acceptors (Lipinski definition) is 4. The van der Waals surface area contributed by atoms with Crippen LogP contribution in [-0.4, -0.2) is 56.4 Å². The lowest BCUT2D eigenvalue weighted by molar-refractivity contribution is 1.02. The van der Waals surface area contributed by atoms with Crippen molar-refractivity contribution >= 4 is 28.3 Å². The van der Waals surface area contributed by atoms with Crippen LogP contribution in [-0.2, 0) is 0 Å². The van der Waals surface area contributed by atoms with Gasteiger partial charge >= 0.3 is 0 Å². The number of allylic oxidation sites excluding steroid dienone is 3. The summed E-state index contributed by atoms with van der Waals surface area (Å²) in [7, 11) is 16.6. The first-order valence-electron chi connectivity index (χ1n) is 14.1. The van der Waals surface area contributed by atoms with Gasteiger partial charge in [0.1, 0.15) is 0 Å². The Kier molecular flexibility index (Phi) is 9.57. The highest BCUT2D eigenvalue weighted by Gasteiger charge is 2.13. The monoisotopic (exact) mass is 544 g/mol. The maximum absolute atomic E-state index is 2.32. The minimum Gasteiger partial charge on any atom is -0.378 e. The highest BCUT2D eigenvalue weighted by atomic mass is 15.1. The quantitative estimate of drug-likeness (QED) is 0.189. The zero-order chi connectivity index (χ0) is 29.5. The average molecular weight is 545 g/mol. The molecule has 0 radical (unpaired) electrons. The highest BCUT2D eigenvalue weighted by molar-refractivity contribution is 5.82. The molecule has 4 rings (SSSR count). The van der Waals surface area contributed by atoms with E-state index in [1.165, 1.54) is 50.6 Å². The van der Waals surface area contributed by atoms with Crippen LogP contribution < -0.4 is 19.6 Å². The summed E-state index contributed by atoms with van der Waals surface area (Å²) >= 11 is 0. The van der Waals surface area contributed by atoms with Crippen LogP contribution in [0, 0.1) is 0 Å². The minimum atomic E-state index is 0.132. The topological polar surface area (TPSA) is 13.0 Å². The Morgan fingerprint density at radius 1 is 0.439 bits per heavy atom. The Labute approximate surface area is 247 Å². The second-order valence-corrected chi connectivity index (χ2v) is 11.3. The van der Waals surface area contributed by atoms with Gasteiger partial charge < -0.3 is 19.6 Å². The van der Waals surface area contributed by atoms with E-state index in [4.69, 9.17) is 0 Å². The summed E-state index contributed by atoms with van der Waals surface area (Å²) in [6.45, 7) is 0. The predicted octanol–water partition coefficient (Wildman–Crippen LogP) is 7.77. The van der Waals surface area contributed by atoms with Crippen LogP contribution in [0.1, 0.15) is 28.2 Å². The summed E-state index contributed by atoms with van der Waals surface area (Å²) in [6.07, 6.45) is 6.79. The SMILES string of the molecule is CN(C)c1ccc(C(=CC=CC(c2ccc(N(C)C)cc2)c2ccc(N(C)C)cc2)c2ccc(N(C)C)cc2)cc1. The maximum atomic E-state index is 2.32. The van der Waals surface area contributed by atoms with Gasteiger partial charge in [0.05, 0.1) is 0 Å². The molecule has 41 heavy (non-hydrogen) atoms. The number of nitrogens with zero attached hydrogens (tertiary/aromatic N) is 4. The van der Waals surface area contributed by atoms with Gasteiger partial charge in [0.15, 0.2) is 0 Å². The first-order valence-corrected chi connectivity index (χ1v) is 14.1. The molecule has 0 aliphatic rings. The lowest BCUT2D eigenvalue weighted by Crippen LogP contribution is -2.09. The van der Waals surface area contributed by atoms with Crippen LogP contribution >= 0.6 is 0 Å². The third-order valence-corrected chi connectivity index (χ3v) is 7.49. The van der Waals surface area contributed by atoms with Crippen LogP contribution in [0.4, 0.5) is 22.7 Å². The molecule has 212 valence electrons. The van der Waals surface area contributed by atoms with E-state index >= 15 is 0 Å². The van der Waals surface area contributed by atoms with Crippen molar-refractivity contribution in [1.29, 1.82) is 0 Å². The number of anilines is 4. The maximum Gasteiger partial charge on any atom is 0.0361 e. The number of benzene rings is 4. The lowest BCUT2D eigenvalue weighted by atomic mass is 9.90. The van der Waals surface area contributed by atoms with Gasteiger partial charge in [0, 0.05) is 85.0 Å². The van der Waals surface area contributed by atoms with Gasteiger partial charge in [-0.15, -0.1) is 0 Å². The second-order valence-electron chi connectivity index (χ2n) is 11.3. The third-order valence-electron chi connectivity index (χ3n) is 7.49. The average Bonchev–Trinajstić information content (AvgIpc) is 2.97. The normalized spacial score (nSPS) is 11.0. The molecule has 0 aliphatic carbocycles. The first kappa shape index (κ1) is 29.5. The smallest absolute Gasteiger partial charge is 0.0361 e. The Bertz CT molecular complexity index is 1340. The van der Waals surface area contributed by atoms with E-state index in [0.29, 0.717) is 0 Å². The predicted molar refractivity (Wildman–Crippen MR) is 181 cm³/mol. The summed E-state index contributed by atoms with van der Waals surface area (Å²) in [5.41, 5.74) is 10.9. The lowest BCUT2D eigenvalue weighted by Gasteiger charge is -2.19. The summed E-state index contributed by atoms with van der Waals surface area (Å²) < 4.78 is 0. The molecule has 0 fully saturated rings. The summed E-state index contributed by atoms with van der Waals surface area (Å²) in [5, 5.41) is 0. The van der Waals surface area contributed by atoms with Gasteiger partial charge in [0.2, 0.25) is 0 Å². The van der Waals surface area contributed by atoms with Crippen LogP contribution in [0.15, 0.2) is 115 Å². The molecule has 0 aliphatic heterocycles. The fourth-order valence-electron chi connectivity index (χ4n) is 4.87. The van der Waals surface area contributed by atoms with Gasteiger partial charge in [-0.2, -0.15) is 0 Å². The molecule has 0 N–H and O–H groups in total. The van der Waals surface area contributed by atoms with E-state index in [1.807, 2.05) is 0 Å². The second kappa shape index (κ2) is 13.3. The molecule has 0 bridgehead atoms. The first-order chi connectivity index (χ1) is 19.6. The molecule has 4 aromatic carbocycles. The third kappa shape index (κ3) is 7.40. The highest BCUT2D eigenvalue weighted by Crippen LogP contribution is 2.31. The molecule has 0 saturated heterocycles. The van der Waals surface area contributed by atoms with E-state index < -0.39 is 0 Å². The molecule has 0 aromatic heterocycles. The largest absolute Gasteiger partial charge is 0.378 e. The van der Waals surface area contributed by atoms with Crippen molar-refractivity contribution in [2.75, 3.05) is 76.0 Å².